The van der Waals surface area contributed by atoms with Crippen LogP contribution in [0.25, 0.3) is 0 Å². The summed E-state index contributed by atoms with van der Waals surface area (Å²) in [7, 11) is 2.93. The fourth-order valence-corrected chi connectivity index (χ4v) is 3.05. The van der Waals surface area contributed by atoms with Gasteiger partial charge >= 0.3 is 0 Å². The van der Waals surface area contributed by atoms with Gasteiger partial charge in [-0.05, 0) is 13.0 Å². The second-order valence-corrected chi connectivity index (χ2v) is 5.70. The number of hydrogen-bond acceptors (Lipinski definition) is 5. The van der Waals surface area contributed by atoms with Crippen LogP contribution in [0.4, 0.5) is 0 Å². The van der Waals surface area contributed by atoms with Gasteiger partial charge in [-0.3, -0.25) is 4.79 Å². The van der Waals surface area contributed by atoms with E-state index in [1.165, 1.54) is 14.2 Å². The minimum Gasteiger partial charge on any atom is -0.496 e. The van der Waals surface area contributed by atoms with Gasteiger partial charge in [-0.15, -0.1) is 0 Å². The molecule has 124 valence electrons. The molecule has 1 heterocycles. The highest BCUT2D eigenvalue weighted by Gasteiger charge is 2.52. The predicted octanol–water partition coefficient (Wildman–Crippen LogP) is 3.47. The van der Waals surface area contributed by atoms with Crippen molar-refractivity contribution in [1.29, 1.82) is 0 Å². The molecule has 0 radical (unpaired) electrons. The Morgan fingerprint density at radius 2 is 2.00 bits per heavy atom. The maximum atomic E-state index is 13.1. The van der Waals surface area contributed by atoms with Gasteiger partial charge in [0.25, 0.3) is 0 Å². The lowest BCUT2D eigenvalue weighted by Crippen LogP contribution is -2.44. The summed E-state index contributed by atoms with van der Waals surface area (Å²) >= 11 is 6.31. The van der Waals surface area contributed by atoms with Crippen LogP contribution in [0.3, 0.4) is 0 Å². The number of allylic oxidation sites excluding steroid dienone is 1. The number of ether oxygens (including phenoxy) is 3. The zero-order valence-electron chi connectivity index (χ0n) is 13.5. The molecule has 0 aromatic heterocycles. The molecule has 6 heteroatoms. The highest BCUT2D eigenvalue weighted by molar-refractivity contribution is 6.35. The summed E-state index contributed by atoms with van der Waals surface area (Å²) < 4.78 is 16.5. The van der Waals surface area contributed by atoms with E-state index in [9.17, 15) is 9.59 Å². The highest BCUT2D eigenvalue weighted by Crippen LogP contribution is 2.51. The Hall–Kier alpha value is -2.01. The molecular formula is C17H19ClO5. The first-order chi connectivity index (χ1) is 11.0. The van der Waals surface area contributed by atoms with Gasteiger partial charge in [0.1, 0.15) is 28.4 Å². The van der Waals surface area contributed by atoms with Crippen LogP contribution in [-0.2, 0) is 4.79 Å². The third-order valence-corrected chi connectivity index (χ3v) is 4.40. The molecule has 0 saturated carbocycles. The minimum atomic E-state index is -1.28. The van der Waals surface area contributed by atoms with Crippen molar-refractivity contribution in [2.45, 2.75) is 25.9 Å². The molecule has 23 heavy (non-hydrogen) atoms. The van der Waals surface area contributed by atoms with Gasteiger partial charge in [0.2, 0.25) is 5.78 Å². The van der Waals surface area contributed by atoms with E-state index in [4.69, 9.17) is 25.8 Å². The molecule has 0 saturated heterocycles. The number of methoxy groups -OCH3 is 2. The topological polar surface area (TPSA) is 61.8 Å². The highest BCUT2D eigenvalue weighted by atomic mass is 35.5. The summed E-state index contributed by atoms with van der Waals surface area (Å²) in [4.78, 5) is 24.0. The van der Waals surface area contributed by atoms with Gasteiger partial charge < -0.3 is 19.0 Å². The Morgan fingerprint density at radius 3 is 2.52 bits per heavy atom. The molecule has 1 aliphatic heterocycles. The quantitative estimate of drug-likeness (QED) is 0.587. The van der Waals surface area contributed by atoms with E-state index < -0.39 is 5.60 Å². The van der Waals surface area contributed by atoms with E-state index in [2.05, 4.69) is 0 Å². The second-order valence-electron chi connectivity index (χ2n) is 5.33. The van der Waals surface area contributed by atoms with E-state index in [0.29, 0.717) is 11.5 Å². The number of hydrogen-bond donors (Lipinski definition) is 0. The van der Waals surface area contributed by atoms with E-state index in [0.717, 1.165) is 6.29 Å². The third kappa shape index (κ3) is 2.59. The van der Waals surface area contributed by atoms with E-state index >= 15 is 0 Å². The number of carbonyl (C=O) groups excluding carboxylic acids is 2. The maximum absolute atomic E-state index is 13.1. The molecule has 2 atom stereocenters. The summed E-state index contributed by atoms with van der Waals surface area (Å²) in [5, 5.41) is 0.210. The molecule has 0 aliphatic carbocycles. The number of carbonyl (C=O) groups is 2. The van der Waals surface area contributed by atoms with Crippen molar-refractivity contribution >= 4 is 23.7 Å². The molecular weight excluding hydrogens is 320 g/mol. The van der Waals surface area contributed by atoms with E-state index in [1.54, 1.807) is 32.1 Å². The first-order valence-electron chi connectivity index (χ1n) is 7.22. The van der Waals surface area contributed by atoms with Crippen LogP contribution < -0.4 is 14.2 Å². The molecule has 0 bridgehead atoms. The average molecular weight is 339 g/mol. The Balaban J connectivity index is 2.68. The molecule has 1 aromatic rings. The first-order valence-corrected chi connectivity index (χ1v) is 7.60. The van der Waals surface area contributed by atoms with E-state index in [1.807, 2.05) is 0 Å². The largest absolute Gasteiger partial charge is 0.496 e. The van der Waals surface area contributed by atoms with Crippen molar-refractivity contribution in [2.75, 3.05) is 14.2 Å². The number of Topliss-reactive ketones (excluding diaryl/α,β-unsaturated/α-hetero) is 1. The Kier molecular flexibility index (Phi) is 5.00. The minimum absolute atomic E-state index is 0.182. The molecule has 0 fully saturated rings. The lowest BCUT2D eigenvalue weighted by Gasteiger charge is -2.29. The lowest BCUT2D eigenvalue weighted by atomic mass is 9.81. The normalized spacial score (nSPS) is 21.0. The summed E-state index contributed by atoms with van der Waals surface area (Å²) in [6.07, 6.45) is 4.34. The van der Waals surface area contributed by atoms with Gasteiger partial charge in [0.15, 0.2) is 11.4 Å². The number of aldehydes is 1. The fourth-order valence-electron chi connectivity index (χ4n) is 2.78. The van der Waals surface area contributed by atoms with Gasteiger partial charge in [0.05, 0.1) is 14.2 Å². The second kappa shape index (κ2) is 6.62. The van der Waals surface area contributed by atoms with Crippen LogP contribution in [-0.4, -0.2) is 31.9 Å². The van der Waals surface area contributed by atoms with Crippen molar-refractivity contribution in [3.05, 3.63) is 28.8 Å². The molecule has 1 aliphatic rings. The Bertz CT molecular complexity index is 667. The molecule has 0 amide bonds. The number of halogens is 1. The molecule has 0 spiro atoms. The van der Waals surface area contributed by atoms with Gasteiger partial charge in [0, 0.05) is 18.4 Å². The van der Waals surface area contributed by atoms with Crippen LogP contribution in [0.5, 0.6) is 17.2 Å². The van der Waals surface area contributed by atoms with Crippen LogP contribution in [0.2, 0.25) is 5.02 Å². The van der Waals surface area contributed by atoms with Crippen LogP contribution in [0, 0.1) is 5.92 Å². The number of fused-ring (bicyclic) bond motifs is 1. The van der Waals surface area contributed by atoms with Gasteiger partial charge in [-0.2, -0.15) is 0 Å². The van der Waals surface area contributed by atoms with Crippen molar-refractivity contribution in [3.8, 4) is 17.2 Å². The smallest absolute Gasteiger partial charge is 0.218 e. The Morgan fingerprint density at radius 1 is 1.35 bits per heavy atom. The summed E-state index contributed by atoms with van der Waals surface area (Å²) in [5.41, 5.74) is -1.00. The number of benzene rings is 1. The van der Waals surface area contributed by atoms with Gasteiger partial charge in [-0.1, -0.05) is 24.6 Å². The average Bonchev–Trinajstić information content (AvgIpc) is 2.84. The fraction of sp³-hybridized carbons (Fsp3) is 0.412. The molecule has 1 aromatic carbocycles. The Labute approximate surface area is 140 Å². The van der Waals surface area contributed by atoms with Crippen LogP contribution >= 0.6 is 11.6 Å². The van der Waals surface area contributed by atoms with Crippen molar-refractivity contribution in [3.63, 3.8) is 0 Å². The molecule has 5 nitrogen and oxygen atoms in total. The zero-order chi connectivity index (χ0) is 17.2. The van der Waals surface area contributed by atoms with Crippen molar-refractivity contribution in [2.24, 2.45) is 5.92 Å². The predicted molar refractivity (Wildman–Crippen MR) is 86.9 cm³/mol. The maximum Gasteiger partial charge on any atom is 0.218 e. The summed E-state index contributed by atoms with van der Waals surface area (Å²) in [6.45, 7) is 3.57. The number of ketones is 1. The molecule has 2 rings (SSSR count). The van der Waals surface area contributed by atoms with Gasteiger partial charge in [-0.25, -0.2) is 0 Å². The number of rotatable bonds is 6. The van der Waals surface area contributed by atoms with Crippen molar-refractivity contribution < 1.29 is 23.8 Å². The van der Waals surface area contributed by atoms with Crippen LogP contribution in [0.15, 0.2) is 18.2 Å². The molecule has 1 unspecified atom stereocenters. The zero-order valence-corrected chi connectivity index (χ0v) is 14.3. The SMILES string of the molecule is C/C=C\[C@]1(C(C)CC=O)Oc2c(Cl)c(OC)cc(OC)c2C1=O. The third-order valence-electron chi connectivity index (χ3n) is 4.04. The van der Waals surface area contributed by atoms with Crippen LogP contribution in [0.1, 0.15) is 30.6 Å². The standard InChI is InChI=1S/C17H19ClO5/c1-5-7-17(10(2)6-8-19)16(20)13-11(21-3)9-12(22-4)14(18)15(13)23-17/h5,7-10H,6H2,1-4H3/b7-5-/t10?,17-/m1/s1. The van der Waals surface area contributed by atoms with E-state index in [-0.39, 0.29) is 34.5 Å². The first kappa shape index (κ1) is 17.3. The summed E-state index contributed by atoms with van der Waals surface area (Å²) in [5.74, 6) is 0.276. The monoisotopic (exact) mass is 338 g/mol. The van der Waals surface area contributed by atoms with Crippen molar-refractivity contribution in [1.82, 2.24) is 0 Å². The summed E-state index contributed by atoms with van der Waals surface area (Å²) in [6, 6.07) is 1.55. The molecule has 0 N–H and O–H groups in total. The lowest BCUT2D eigenvalue weighted by molar-refractivity contribution is -0.109.